The first-order valence-electron chi connectivity index (χ1n) is 9.40. The lowest BCUT2D eigenvalue weighted by Crippen LogP contribution is -2.07. The topological polar surface area (TPSA) is 38.3 Å². The summed E-state index contributed by atoms with van der Waals surface area (Å²) in [5, 5.41) is 3.47. The number of fused-ring (bicyclic) bond motifs is 3. The third kappa shape index (κ3) is 2.72. The van der Waals surface area contributed by atoms with Crippen molar-refractivity contribution in [2.75, 3.05) is 11.9 Å². The average Bonchev–Trinajstić information content (AvgIpc) is 2.90. The highest BCUT2D eigenvalue weighted by molar-refractivity contribution is 8.00. The number of rotatable bonds is 3. The van der Waals surface area contributed by atoms with Crippen molar-refractivity contribution in [3.05, 3.63) is 95.1 Å². The van der Waals surface area contributed by atoms with E-state index in [1.54, 1.807) is 11.8 Å². The van der Waals surface area contributed by atoms with Crippen LogP contribution in [0.4, 0.5) is 5.69 Å². The SMILES string of the molecule is CCOc1ccc([C@H]2Sc3ccccc3NC3=C2C(=O)c2ccccc23)cc1. The standard InChI is InChI=1S/C24H19NO2S/c1-2-27-16-13-11-15(12-14-16)24-21-22(17-7-3-4-8-18(17)23(21)26)25-19-9-5-6-10-20(19)28-24/h3-14,24-25H,2H2,1H3/t24-/m1/s1. The summed E-state index contributed by atoms with van der Waals surface area (Å²) in [6, 6.07) is 24.2. The number of carbonyl (C=O) groups is 1. The fourth-order valence-corrected chi connectivity index (χ4v) is 5.11. The minimum atomic E-state index is -0.0817. The van der Waals surface area contributed by atoms with E-state index in [9.17, 15) is 4.79 Å². The van der Waals surface area contributed by atoms with E-state index in [0.29, 0.717) is 6.61 Å². The highest BCUT2D eigenvalue weighted by Gasteiger charge is 2.37. The molecule has 3 nitrogen and oxygen atoms in total. The molecule has 3 aromatic carbocycles. The molecule has 2 aliphatic rings. The molecular weight excluding hydrogens is 366 g/mol. The Kier molecular flexibility index (Phi) is 4.21. The highest BCUT2D eigenvalue weighted by atomic mass is 32.2. The summed E-state index contributed by atoms with van der Waals surface area (Å²) in [7, 11) is 0. The number of hydrogen-bond donors (Lipinski definition) is 1. The van der Waals surface area contributed by atoms with Crippen LogP contribution >= 0.6 is 11.8 Å². The molecule has 3 aromatic rings. The van der Waals surface area contributed by atoms with E-state index >= 15 is 0 Å². The molecule has 0 saturated carbocycles. The van der Waals surface area contributed by atoms with Crippen LogP contribution in [-0.2, 0) is 0 Å². The van der Waals surface area contributed by atoms with E-state index < -0.39 is 0 Å². The summed E-state index contributed by atoms with van der Waals surface area (Å²) in [6.07, 6.45) is 0. The Morgan fingerprint density at radius 3 is 2.43 bits per heavy atom. The summed E-state index contributed by atoms with van der Waals surface area (Å²) < 4.78 is 5.59. The van der Waals surface area contributed by atoms with Crippen molar-refractivity contribution in [2.24, 2.45) is 0 Å². The number of para-hydroxylation sites is 1. The first-order valence-corrected chi connectivity index (χ1v) is 10.3. The lowest BCUT2D eigenvalue weighted by atomic mass is 10.0. The lowest BCUT2D eigenvalue weighted by Gasteiger charge is -2.17. The highest BCUT2D eigenvalue weighted by Crippen LogP contribution is 2.52. The maximum Gasteiger partial charge on any atom is 0.193 e. The average molecular weight is 385 g/mol. The molecule has 0 amide bonds. The van der Waals surface area contributed by atoms with Gasteiger partial charge in [-0.05, 0) is 36.8 Å². The van der Waals surface area contributed by atoms with Gasteiger partial charge >= 0.3 is 0 Å². The van der Waals surface area contributed by atoms with E-state index in [1.165, 1.54) is 0 Å². The molecule has 0 fully saturated rings. The zero-order valence-corrected chi connectivity index (χ0v) is 16.3. The van der Waals surface area contributed by atoms with E-state index in [0.717, 1.165) is 44.3 Å². The maximum atomic E-state index is 13.4. The molecule has 0 spiro atoms. The van der Waals surface area contributed by atoms with Gasteiger partial charge in [0.15, 0.2) is 5.78 Å². The number of nitrogens with one attached hydrogen (secondary N) is 1. The third-order valence-corrected chi connectivity index (χ3v) is 6.46. The number of benzene rings is 3. The van der Waals surface area contributed by atoms with Gasteiger partial charge in [0.25, 0.3) is 0 Å². The quantitative estimate of drug-likeness (QED) is 0.604. The Morgan fingerprint density at radius 1 is 0.929 bits per heavy atom. The first-order chi connectivity index (χ1) is 13.8. The molecule has 4 heteroatoms. The van der Waals surface area contributed by atoms with Crippen molar-refractivity contribution in [3.8, 4) is 5.75 Å². The molecule has 1 atom stereocenters. The van der Waals surface area contributed by atoms with E-state index in [4.69, 9.17) is 4.74 Å². The van der Waals surface area contributed by atoms with Gasteiger partial charge in [-0.25, -0.2) is 0 Å². The Hall–Kier alpha value is -2.98. The van der Waals surface area contributed by atoms with Gasteiger partial charge in [0.1, 0.15) is 5.75 Å². The smallest absolute Gasteiger partial charge is 0.193 e. The Morgan fingerprint density at radius 2 is 1.64 bits per heavy atom. The van der Waals surface area contributed by atoms with Crippen LogP contribution < -0.4 is 10.1 Å². The summed E-state index contributed by atoms with van der Waals surface area (Å²) in [4.78, 5) is 14.5. The van der Waals surface area contributed by atoms with Crippen molar-refractivity contribution >= 4 is 28.9 Å². The van der Waals surface area contributed by atoms with E-state index in [2.05, 4.69) is 29.6 Å². The van der Waals surface area contributed by atoms with Crippen LogP contribution in [-0.4, -0.2) is 12.4 Å². The summed E-state index contributed by atoms with van der Waals surface area (Å²) in [5.41, 5.74) is 5.65. The van der Waals surface area contributed by atoms with Gasteiger partial charge in [-0.3, -0.25) is 4.79 Å². The molecule has 0 saturated heterocycles. The second kappa shape index (κ2) is 6.88. The van der Waals surface area contributed by atoms with Crippen LogP contribution in [0.5, 0.6) is 5.75 Å². The van der Waals surface area contributed by atoms with Gasteiger partial charge in [-0.1, -0.05) is 48.5 Å². The third-order valence-electron chi connectivity index (χ3n) is 5.10. The van der Waals surface area contributed by atoms with E-state index in [-0.39, 0.29) is 11.0 Å². The van der Waals surface area contributed by atoms with Crippen molar-refractivity contribution in [3.63, 3.8) is 0 Å². The number of hydrogen-bond acceptors (Lipinski definition) is 4. The van der Waals surface area contributed by atoms with Gasteiger partial charge in [-0.15, -0.1) is 11.8 Å². The van der Waals surface area contributed by atoms with Crippen molar-refractivity contribution in [1.82, 2.24) is 0 Å². The number of thioether (sulfide) groups is 1. The van der Waals surface area contributed by atoms with Crippen LogP contribution in [0.25, 0.3) is 5.70 Å². The lowest BCUT2D eigenvalue weighted by molar-refractivity contribution is 0.103. The van der Waals surface area contributed by atoms with Crippen molar-refractivity contribution in [1.29, 1.82) is 0 Å². The molecule has 0 bridgehead atoms. The zero-order chi connectivity index (χ0) is 19.1. The van der Waals surface area contributed by atoms with E-state index in [1.807, 2.05) is 55.5 Å². The molecule has 5 rings (SSSR count). The predicted octanol–water partition coefficient (Wildman–Crippen LogP) is 5.95. The monoisotopic (exact) mass is 385 g/mol. The molecule has 0 radical (unpaired) electrons. The van der Waals surface area contributed by atoms with Crippen LogP contribution in [0, 0.1) is 0 Å². The molecule has 0 aromatic heterocycles. The largest absolute Gasteiger partial charge is 0.494 e. The number of carbonyl (C=O) groups excluding carboxylic acids is 1. The molecule has 1 heterocycles. The van der Waals surface area contributed by atoms with Crippen molar-refractivity contribution < 1.29 is 9.53 Å². The van der Waals surface area contributed by atoms with Gasteiger partial charge in [0.05, 0.1) is 23.2 Å². The number of anilines is 1. The summed E-state index contributed by atoms with van der Waals surface area (Å²) in [5.74, 6) is 0.955. The van der Waals surface area contributed by atoms with Crippen LogP contribution in [0.15, 0.2) is 83.3 Å². The minimum absolute atomic E-state index is 0.0817. The zero-order valence-electron chi connectivity index (χ0n) is 15.4. The molecular formula is C24H19NO2S. The Balaban J connectivity index is 1.67. The van der Waals surface area contributed by atoms with Gasteiger partial charge in [0, 0.05) is 21.6 Å². The molecule has 0 unspecified atom stereocenters. The fraction of sp³-hybridized carbons (Fsp3) is 0.125. The molecule has 28 heavy (non-hydrogen) atoms. The second-order valence-electron chi connectivity index (χ2n) is 6.78. The number of ketones is 1. The number of ether oxygens (including phenoxy) is 1. The molecule has 1 aliphatic heterocycles. The fourth-order valence-electron chi connectivity index (χ4n) is 3.82. The number of Topliss-reactive ketones (excluding diaryl/α,β-unsaturated/α-hetero) is 1. The van der Waals surface area contributed by atoms with Gasteiger partial charge in [0.2, 0.25) is 0 Å². The predicted molar refractivity (Wildman–Crippen MR) is 114 cm³/mol. The van der Waals surface area contributed by atoms with Crippen molar-refractivity contribution in [2.45, 2.75) is 17.1 Å². The normalized spacial score (nSPS) is 17.3. The molecule has 138 valence electrons. The Bertz CT molecular complexity index is 1100. The molecule has 1 aliphatic carbocycles. The molecule has 1 N–H and O–H groups in total. The van der Waals surface area contributed by atoms with Gasteiger partial charge in [-0.2, -0.15) is 0 Å². The van der Waals surface area contributed by atoms with Crippen LogP contribution in [0.1, 0.15) is 33.7 Å². The second-order valence-corrected chi connectivity index (χ2v) is 7.93. The van der Waals surface area contributed by atoms with Crippen LogP contribution in [0.2, 0.25) is 0 Å². The summed E-state index contributed by atoms with van der Waals surface area (Å²) in [6.45, 7) is 2.61. The maximum absolute atomic E-state index is 13.4. The minimum Gasteiger partial charge on any atom is -0.494 e. The Labute approximate surface area is 168 Å². The summed E-state index contributed by atoms with van der Waals surface area (Å²) >= 11 is 1.72. The van der Waals surface area contributed by atoms with Gasteiger partial charge < -0.3 is 10.1 Å². The van der Waals surface area contributed by atoms with Crippen LogP contribution in [0.3, 0.4) is 0 Å². The first kappa shape index (κ1) is 17.1.